The largest absolute Gasteiger partial charge is 0.494 e. The summed E-state index contributed by atoms with van der Waals surface area (Å²) < 4.78 is 5.47. The monoisotopic (exact) mass is 324 g/mol. The third-order valence-corrected chi connectivity index (χ3v) is 4.37. The van der Waals surface area contributed by atoms with E-state index in [1.165, 1.54) is 16.7 Å². The summed E-state index contributed by atoms with van der Waals surface area (Å²) in [5, 5.41) is 6.48. The normalized spacial score (nSPS) is 14.7. The molecule has 4 nitrogen and oxygen atoms in total. The molecule has 3 rings (SSSR count). The van der Waals surface area contributed by atoms with Gasteiger partial charge in [-0.1, -0.05) is 24.3 Å². The lowest BCUT2D eigenvalue weighted by molar-refractivity contribution is -0.116. The summed E-state index contributed by atoms with van der Waals surface area (Å²) in [6.07, 6.45) is 1.39. The van der Waals surface area contributed by atoms with Crippen LogP contribution < -0.4 is 15.4 Å². The van der Waals surface area contributed by atoms with Gasteiger partial charge in [-0.15, -0.1) is 0 Å². The maximum absolute atomic E-state index is 11.4. The summed E-state index contributed by atoms with van der Waals surface area (Å²) in [6.45, 7) is 5.65. The first-order valence-electron chi connectivity index (χ1n) is 8.53. The maximum atomic E-state index is 11.4. The fraction of sp³-hybridized carbons (Fsp3) is 0.350. The van der Waals surface area contributed by atoms with Gasteiger partial charge in [0.15, 0.2) is 0 Å². The molecular formula is C20H24N2O2. The Morgan fingerprint density at radius 2 is 1.96 bits per heavy atom. The number of aryl methyl sites for hydroxylation is 1. The van der Waals surface area contributed by atoms with Gasteiger partial charge >= 0.3 is 0 Å². The van der Waals surface area contributed by atoms with Crippen molar-refractivity contribution in [3.05, 3.63) is 59.2 Å². The van der Waals surface area contributed by atoms with E-state index in [0.29, 0.717) is 13.0 Å². The lowest BCUT2D eigenvalue weighted by Crippen LogP contribution is -2.21. The summed E-state index contributed by atoms with van der Waals surface area (Å²) in [5.41, 5.74) is 4.65. The third kappa shape index (κ3) is 3.95. The van der Waals surface area contributed by atoms with E-state index in [4.69, 9.17) is 4.74 Å². The number of anilines is 1. The first-order chi connectivity index (χ1) is 11.7. The molecule has 0 saturated heterocycles. The van der Waals surface area contributed by atoms with Crippen LogP contribution in [-0.4, -0.2) is 12.5 Å². The second kappa shape index (κ2) is 7.49. The second-order valence-corrected chi connectivity index (χ2v) is 6.14. The van der Waals surface area contributed by atoms with Crippen molar-refractivity contribution in [3.63, 3.8) is 0 Å². The molecule has 2 aromatic carbocycles. The summed E-state index contributed by atoms with van der Waals surface area (Å²) in [5.74, 6) is 1.02. The van der Waals surface area contributed by atoms with Crippen molar-refractivity contribution in [2.75, 3.05) is 11.9 Å². The fourth-order valence-electron chi connectivity index (χ4n) is 2.93. The SMILES string of the molecule is CCOc1ccc(CN[C@@H](C)c2ccc3c(c2)CCC(=O)N3)cc1. The molecule has 0 radical (unpaired) electrons. The topological polar surface area (TPSA) is 50.4 Å². The van der Waals surface area contributed by atoms with Crippen LogP contribution in [0.2, 0.25) is 0 Å². The molecule has 0 unspecified atom stereocenters. The minimum atomic E-state index is 0.108. The molecular weight excluding hydrogens is 300 g/mol. The molecule has 1 amide bonds. The highest BCUT2D eigenvalue weighted by Crippen LogP contribution is 2.26. The lowest BCUT2D eigenvalue weighted by atomic mass is 9.97. The van der Waals surface area contributed by atoms with Crippen molar-refractivity contribution in [3.8, 4) is 5.75 Å². The van der Waals surface area contributed by atoms with Crippen LogP contribution in [0.15, 0.2) is 42.5 Å². The van der Waals surface area contributed by atoms with E-state index in [0.717, 1.165) is 24.4 Å². The standard InChI is InChI=1S/C20H24N2O2/c1-3-24-18-8-4-15(5-9-18)13-21-14(2)16-6-10-19-17(12-16)7-11-20(23)22-19/h4-6,8-10,12,14,21H,3,7,11,13H2,1-2H3,(H,22,23)/t14-/m0/s1. The van der Waals surface area contributed by atoms with Crippen LogP contribution in [0.4, 0.5) is 5.69 Å². The third-order valence-electron chi connectivity index (χ3n) is 4.37. The molecule has 0 aromatic heterocycles. The van der Waals surface area contributed by atoms with Gasteiger partial charge in [-0.05, 0) is 55.2 Å². The number of nitrogens with one attached hydrogen (secondary N) is 2. The van der Waals surface area contributed by atoms with E-state index in [-0.39, 0.29) is 11.9 Å². The maximum Gasteiger partial charge on any atom is 0.224 e. The van der Waals surface area contributed by atoms with Crippen molar-refractivity contribution in [2.24, 2.45) is 0 Å². The number of hydrogen-bond donors (Lipinski definition) is 2. The minimum absolute atomic E-state index is 0.108. The van der Waals surface area contributed by atoms with E-state index in [9.17, 15) is 4.79 Å². The Balaban J connectivity index is 1.60. The molecule has 126 valence electrons. The molecule has 1 atom stereocenters. The molecule has 1 heterocycles. The first kappa shape index (κ1) is 16.5. The van der Waals surface area contributed by atoms with Crippen LogP contribution in [0.25, 0.3) is 0 Å². The molecule has 0 fully saturated rings. The molecule has 0 saturated carbocycles. The highest BCUT2D eigenvalue weighted by molar-refractivity contribution is 5.93. The Hall–Kier alpha value is -2.33. The van der Waals surface area contributed by atoms with E-state index >= 15 is 0 Å². The number of carbonyl (C=O) groups is 1. The first-order valence-corrected chi connectivity index (χ1v) is 8.53. The highest BCUT2D eigenvalue weighted by atomic mass is 16.5. The predicted octanol–water partition coefficient (Wildman–Crippen LogP) is 3.82. The van der Waals surface area contributed by atoms with Crippen LogP contribution in [0, 0.1) is 0 Å². The van der Waals surface area contributed by atoms with Gasteiger partial charge in [0, 0.05) is 24.7 Å². The number of amides is 1. The Kier molecular flexibility index (Phi) is 5.16. The van der Waals surface area contributed by atoms with Crippen LogP contribution in [0.5, 0.6) is 5.75 Å². The molecule has 0 bridgehead atoms. The highest BCUT2D eigenvalue weighted by Gasteiger charge is 2.16. The Morgan fingerprint density at radius 1 is 1.17 bits per heavy atom. The summed E-state index contributed by atoms with van der Waals surface area (Å²) in [6, 6.07) is 14.7. The van der Waals surface area contributed by atoms with Crippen LogP contribution in [0.3, 0.4) is 0 Å². The molecule has 0 aliphatic carbocycles. The smallest absolute Gasteiger partial charge is 0.224 e. The number of benzene rings is 2. The van der Waals surface area contributed by atoms with Gasteiger partial charge in [0.1, 0.15) is 5.75 Å². The minimum Gasteiger partial charge on any atom is -0.494 e. The fourth-order valence-corrected chi connectivity index (χ4v) is 2.93. The predicted molar refractivity (Wildman–Crippen MR) is 96.3 cm³/mol. The van der Waals surface area contributed by atoms with Gasteiger partial charge in [-0.2, -0.15) is 0 Å². The summed E-state index contributed by atoms with van der Waals surface area (Å²) in [4.78, 5) is 11.4. The van der Waals surface area contributed by atoms with Gasteiger partial charge in [0.25, 0.3) is 0 Å². The van der Waals surface area contributed by atoms with Crippen molar-refractivity contribution < 1.29 is 9.53 Å². The Morgan fingerprint density at radius 3 is 2.71 bits per heavy atom. The molecule has 1 aliphatic heterocycles. The Bertz CT molecular complexity index is 710. The zero-order valence-corrected chi connectivity index (χ0v) is 14.3. The van der Waals surface area contributed by atoms with E-state index in [1.807, 2.05) is 25.1 Å². The summed E-state index contributed by atoms with van der Waals surface area (Å²) in [7, 11) is 0. The molecule has 0 spiro atoms. The van der Waals surface area contributed by atoms with Crippen LogP contribution >= 0.6 is 0 Å². The lowest BCUT2D eigenvalue weighted by Gasteiger charge is -2.20. The van der Waals surface area contributed by atoms with Crippen LogP contribution in [0.1, 0.15) is 43.0 Å². The number of fused-ring (bicyclic) bond motifs is 1. The molecule has 2 aromatic rings. The second-order valence-electron chi connectivity index (χ2n) is 6.14. The number of carbonyl (C=O) groups excluding carboxylic acids is 1. The van der Waals surface area contributed by atoms with Crippen molar-refractivity contribution >= 4 is 11.6 Å². The number of rotatable bonds is 6. The van der Waals surface area contributed by atoms with Gasteiger partial charge < -0.3 is 15.4 Å². The number of ether oxygens (including phenoxy) is 1. The van der Waals surface area contributed by atoms with Crippen molar-refractivity contribution in [1.82, 2.24) is 5.32 Å². The molecule has 2 N–H and O–H groups in total. The number of hydrogen-bond acceptors (Lipinski definition) is 3. The zero-order chi connectivity index (χ0) is 16.9. The average Bonchev–Trinajstić information content (AvgIpc) is 2.60. The van der Waals surface area contributed by atoms with Gasteiger partial charge in [-0.25, -0.2) is 0 Å². The van der Waals surface area contributed by atoms with Gasteiger partial charge in [-0.3, -0.25) is 4.79 Å². The van der Waals surface area contributed by atoms with Crippen LogP contribution in [-0.2, 0) is 17.8 Å². The molecule has 4 heteroatoms. The van der Waals surface area contributed by atoms with Crippen molar-refractivity contribution in [1.29, 1.82) is 0 Å². The van der Waals surface area contributed by atoms with E-state index in [1.54, 1.807) is 0 Å². The van der Waals surface area contributed by atoms with Gasteiger partial charge in [0.05, 0.1) is 6.61 Å². The Labute approximate surface area is 143 Å². The summed E-state index contributed by atoms with van der Waals surface area (Å²) >= 11 is 0. The van der Waals surface area contributed by atoms with E-state index in [2.05, 4.69) is 41.8 Å². The van der Waals surface area contributed by atoms with Crippen molar-refractivity contribution in [2.45, 2.75) is 39.3 Å². The van der Waals surface area contributed by atoms with E-state index < -0.39 is 0 Å². The average molecular weight is 324 g/mol. The molecule has 24 heavy (non-hydrogen) atoms. The molecule has 1 aliphatic rings. The van der Waals surface area contributed by atoms with Gasteiger partial charge in [0.2, 0.25) is 5.91 Å². The quantitative estimate of drug-likeness (QED) is 0.849. The zero-order valence-electron chi connectivity index (χ0n) is 14.3.